The Balaban J connectivity index is 1.43. The molecule has 7 atom stereocenters. The molecule has 0 saturated carbocycles. The third-order valence-electron chi connectivity index (χ3n) is 9.13. The fraction of sp³-hybridized carbons (Fsp3) is 0.412. The van der Waals surface area contributed by atoms with Crippen LogP contribution in [0.2, 0.25) is 0 Å². The number of likely N-dealkylation sites (tertiary alicyclic amines) is 1. The summed E-state index contributed by atoms with van der Waals surface area (Å²) in [6.07, 6.45) is 6.63. The van der Waals surface area contributed by atoms with Crippen LogP contribution in [0.15, 0.2) is 78.9 Å². The van der Waals surface area contributed by atoms with Crippen LogP contribution in [0.25, 0.3) is 0 Å². The molecule has 0 aromatic heterocycles. The highest BCUT2D eigenvalue weighted by Gasteiger charge is 2.72. The number of allylic oxidation sites excluding steroid dienone is 1. The van der Waals surface area contributed by atoms with Crippen LogP contribution in [-0.2, 0) is 28.7 Å². The Morgan fingerprint density at radius 2 is 1.80 bits per heavy atom. The summed E-state index contributed by atoms with van der Waals surface area (Å²) in [6, 6.07) is 13.7. The molecule has 0 bridgehead atoms. The molecule has 0 radical (unpaired) electrons. The molecule has 0 aliphatic carbocycles. The van der Waals surface area contributed by atoms with Crippen molar-refractivity contribution >= 4 is 29.4 Å². The van der Waals surface area contributed by atoms with Gasteiger partial charge in [-0.25, -0.2) is 0 Å². The maximum absolute atomic E-state index is 14.5. The van der Waals surface area contributed by atoms with Gasteiger partial charge in [0.2, 0.25) is 11.8 Å². The van der Waals surface area contributed by atoms with Crippen molar-refractivity contribution in [2.75, 3.05) is 31.8 Å². The summed E-state index contributed by atoms with van der Waals surface area (Å²) < 4.78 is 17.5. The first kappa shape index (κ1) is 30.5. The van der Waals surface area contributed by atoms with Crippen LogP contribution in [0.1, 0.15) is 31.4 Å². The van der Waals surface area contributed by atoms with Crippen LogP contribution in [-0.4, -0.2) is 84.4 Å². The molecule has 1 spiro atoms. The zero-order valence-electron chi connectivity index (χ0n) is 25.2. The van der Waals surface area contributed by atoms with Crippen LogP contribution in [0.5, 0.6) is 5.75 Å². The van der Waals surface area contributed by atoms with E-state index in [1.807, 2.05) is 30.3 Å². The average Bonchev–Trinajstić information content (AvgIpc) is 3.45. The largest absolute Gasteiger partial charge is 0.497 e. The number of hydrogen-bond donors (Lipinski definition) is 2. The molecule has 2 aromatic rings. The molecule has 11 nitrogen and oxygen atoms in total. The minimum Gasteiger partial charge on any atom is -0.497 e. The van der Waals surface area contributed by atoms with E-state index >= 15 is 0 Å². The fourth-order valence-corrected chi connectivity index (χ4v) is 6.93. The molecule has 4 heterocycles. The van der Waals surface area contributed by atoms with Gasteiger partial charge in [-0.3, -0.25) is 19.2 Å². The lowest BCUT2D eigenvalue weighted by Gasteiger charge is -2.37. The van der Waals surface area contributed by atoms with Crippen molar-refractivity contribution < 1.29 is 38.5 Å². The number of cyclic esters (lactones) is 1. The van der Waals surface area contributed by atoms with E-state index in [0.717, 1.165) is 5.56 Å². The van der Waals surface area contributed by atoms with Crippen molar-refractivity contribution in [3.8, 4) is 5.75 Å². The van der Waals surface area contributed by atoms with Crippen molar-refractivity contribution in [1.82, 2.24) is 10.2 Å². The van der Waals surface area contributed by atoms with E-state index in [1.54, 1.807) is 67.5 Å². The van der Waals surface area contributed by atoms with Gasteiger partial charge in [0.25, 0.3) is 5.91 Å². The summed E-state index contributed by atoms with van der Waals surface area (Å²) in [5.41, 5.74) is -0.139. The fourth-order valence-electron chi connectivity index (χ4n) is 6.93. The first-order chi connectivity index (χ1) is 21.8. The lowest BCUT2D eigenvalue weighted by molar-refractivity contribution is -0.146. The lowest BCUT2D eigenvalue weighted by atomic mass is 9.77. The first-order valence-electron chi connectivity index (χ1n) is 15.2. The van der Waals surface area contributed by atoms with Crippen molar-refractivity contribution in [2.24, 2.45) is 11.8 Å². The molecule has 4 aliphatic rings. The summed E-state index contributed by atoms with van der Waals surface area (Å²) in [4.78, 5) is 58.6. The Hall–Kier alpha value is -4.48. The Kier molecular flexibility index (Phi) is 8.48. The van der Waals surface area contributed by atoms with Gasteiger partial charge < -0.3 is 34.4 Å². The Labute approximate surface area is 261 Å². The van der Waals surface area contributed by atoms with Gasteiger partial charge in [0, 0.05) is 18.7 Å². The van der Waals surface area contributed by atoms with Crippen LogP contribution < -0.4 is 15.0 Å². The molecule has 236 valence electrons. The van der Waals surface area contributed by atoms with Gasteiger partial charge in [-0.05, 0) is 43.2 Å². The van der Waals surface area contributed by atoms with E-state index in [1.165, 1.54) is 4.90 Å². The maximum atomic E-state index is 14.5. The van der Waals surface area contributed by atoms with E-state index in [2.05, 4.69) is 5.32 Å². The minimum absolute atomic E-state index is 0.0776. The number of anilines is 1. The highest BCUT2D eigenvalue weighted by molar-refractivity contribution is 6.06. The number of ether oxygens (including phenoxy) is 3. The number of benzene rings is 2. The number of carbonyl (C=O) groups is 4. The predicted octanol–water partition coefficient (Wildman–Crippen LogP) is 2.31. The quantitative estimate of drug-likeness (QED) is 0.387. The topological polar surface area (TPSA) is 135 Å². The second kappa shape index (κ2) is 12.5. The molecule has 11 heteroatoms. The highest BCUT2D eigenvalue weighted by atomic mass is 16.5. The smallest absolute Gasteiger partial charge is 0.306 e. The summed E-state index contributed by atoms with van der Waals surface area (Å²) in [5.74, 6) is -3.10. The van der Waals surface area contributed by atoms with Gasteiger partial charge in [-0.1, -0.05) is 54.6 Å². The summed E-state index contributed by atoms with van der Waals surface area (Å²) in [6.45, 7) is 1.42. The third kappa shape index (κ3) is 5.40. The number of aliphatic hydroxyl groups excluding tert-OH is 1. The highest BCUT2D eigenvalue weighted by Crippen LogP contribution is 2.53. The lowest BCUT2D eigenvalue weighted by Crippen LogP contribution is -2.57. The van der Waals surface area contributed by atoms with Gasteiger partial charge in [0.1, 0.15) is 24.0 Å². The van der Waals surface area contributed by atoms with E-state index in [0.29, 0.717) is 17.9 Å². The number of fused-ring (bicyclic) bond motifs is 2. The number of hydrogen-bond acceptors (Lipinski definition) is 8. The molecule has 45 heavy (non-hydrogen) atoms. The first-order valence-corrected chi connectivity index (χ1v) is 15.2. The minimum atomic E-state index is -1.48. The molecule has 3 amide bonds. The summed E-state index contributed by atoms with van der Waals surface area (Å²) in [7, 11) is 1.56. The second-order valence-electron chi connectivity index (χ2n) is 11.8. The van der Waals surface area contributed by atoms with Crippen LogP contribution in [0, 0.1) is 11.8 Å². The van der Waals surface area contributed by atoms with Gasteiger partial charge in [0.05, 0.1) is 43.7 Å². The number of carbonyl (C=O) groups excluding carboxylic acids is 4. The number of nitrogens with one attached hydrogen (secondary N) is 1. The molecular weight excluding hydrogens is 578 g/mol. The van der Waals surface area contributed by atoms with Crippen molar-refractivity contribution in [3.05, 3.63) is 84.5 Å². The maximum Gasteiger partial charge on any atom is 0.306 e. The van der Waals surface area contributed by atoms with Gasteiger partial charge in [-0.15, -0.1) is 0 Å². The SMILES string of the molecule is COc1ccc(N2CC=C[C@]34O[C@@H]5/C=C\CCC(=O)OC[C@@H](c6ccccc6)NC(=O)[C@@H]5[C@H]3C(=O)N([C@H](C)CO)[C@@H]4C2=O)cc1. The molecule has 2 N–H and O–H groups in total. The number of nitrogens with zero attached hydrogens (tertiary/aromatic N) is 2. The number of rotatable bonds is 5. The number of aliphatic hydroxyl groups is 1. The summed E-state index contributed by atoms with van der Waals surface area (Å²) >= 11 is 0. The Morgan fingerprint density at radius 3 is 2.51 bits per heavy atom. The monoisotopic (exact) mass is 615 g/mol. The van der Waals surface area contributed by atoms with Gasteiger partial charge in [-0.2, -0.15) is 0 Å². The molecule has 2 aromatic carbocycles. The van der Waals surface area contributed by atoms with Crippen molar-refractivity contribution in [3.63, 3.8) is 0 Å². The number of methoxy groups -OCH3 is 1. The summed E-state index contributed by atoms with van der Waals surface area (Å²) in [5, 5.41) is 13.2. The van der Waals surface area contributed by atoms with Crippen LogP contribution in [0.3, 0.4) is 0 Å². The second-order valence-corrected chi connectivity index (χ2v) is 11.8. The van der Waals surface area contributed by atoms with E-state index in [4.69, 9.17) is 14.2 Å². The average molecular weight is 616 g/mol. The predicted molar refractivity (Wildman–Crippen MR) is 163 cm³/mol. The Bertz CT molecular complexity index is 1510. The van der Waals surface area contributed by atoms with E-state index in [-0.39, 0.29) is 32.1 Å². The number of amides is 3. The van der Waals surface area contributed by atoms with E-state index < -0.39 is 59.5 Å². The number of esters is 1. The van der Waals surface area contributed by atoms with Gasteiger partial charge in [0.15, 0.2) is 0 Å². The molecule has 0 unspecified atom stereocenters. The Morgan fingerprint density at radius 1 is 1.04 bits per heavy atom. The van der Waals surface area contributed by atoms with Crippen molar-refractivity contribution in [2.45, 2.75) is 49.6 Å². The standard InChI is InChI=1S/C34H37N3O8/c1-21(19-38)37-30-33(42)36(23-13-15-24(43-2)16-14-23)18-8-17-34(30)29(32(37)41)28-26(45-34)11-6-7-12-27(39)44-20-25(35-31(28)40)22-9-4-3-5-10-22/h3-6,8-11,13-17,21,25-26,28-30,38H,7,12,18-20H2,1-2H3,(H,35,40)/b11-6-/t21-,25+,26-,28+,29+,30-,34+/m1/s1. The zero-order chi connectivity index (χ0) is 31.7. The molecule has 2 saturated heterocycles. The molecular formula is C34H37N3O8. The van der Waals surface area contributed by atoms with E-state index in [9.17, 15) is 24.3 Å². The molecule has 4 aliphatic heterocycles. The van der Waals surface area contributed by atoms with Gasteiger partial charge >= 0.3 is 5.97 Å². The van der Waals surface area contributed by atoms with Crippen molar-refractivity contribution in [1.29, 1.82) is 0 Å². The molecule has 2 fully saturated rings. The van der Waals surface area contributed by atoms with Crippen LogP contribution in [0.4, 0.5) is 5.69 Å². The van der Waals surface area contributed by atoms with Crippen LogP contribution >= 0.6 is 0 Å². The normalized spacial score (nSPS) is 31.4. The zero-order valence-corrected chi connectivity index (χ0v) is 25.2. The molecule has 6 rings (SSSR count). The third-order valence-corrected chi connectivity index (χ3v) is 9.13.